The standard InChI is InChI=1S/C18H15N5O2S/c1-25-15-3-2-12(9-20-15)16(24)13-8-14(11-4-6-19-7-5-11)26-17(13)18-21-10-22-23-18/h2-10,16,24H,1H3,(H,21,22,23). The summed E-state index contributed by atoms with van der Waals surface area (Å²) in [6, 6.07) is 9.35. The van der Waals surface area contributed by atoms with Gasteiger partial charge in [-0.25, -0.2) is 4.98 Å². The van der Waals surface area contributed by atoms with Crippen LogP contribution in [0.25, 0.3) is 21.1 Å². The first-order chi connectivity index (χ1) is 12.8. The molecule has 2 N–H and O–H groups in total. The fourth-order valence-corrected chi connectivity index (χ4v) is 3.77. The Labute approximate surface area is 153 Å². The quantitative estimate of drug-likeness (QED) is 0.564. The van der Waals surface area contributed by atoms with Crippen molar-refractivity contribution in [3.8, 4) is 27.0 Å². The van der Waals surface area contributed by atoms with Crippen LogP contribution >= 0.6 is 11.3 Å². The van der Waals surface area contributed by atoms with Gasteiger partial charge in [0.1, 0.15) is 12.4 Å². The van der Waals surface area contributed by atoms with Crippen molar-refractivity contribution in [2.45, 2.75) is 6.10 Å². The Morgan fingerprint density at radius 1 is 1.19 bits per heavy atom. The molecule has 4 aromatic heterocycles. The normalized spacial score (nSPS) is 12.1. The van der Waals surface area contributed by atoms with Gasteiger partial charge in [-0.2, -0.15) is 0 Å². The van der Waals surface area contributed by atoms with E-state index in [0.717, 1.165) is 20.9 Å². The predicted molar refractivity (Wildman–Crippen MR) is 97.8 cm³/mol. The zero-order valence-corrected chi connectivity index (χ0v) is 14.6. The molecule has 0 saturated carbocycles. The van der Waals surface area contributed by atoms with E-state index in [0.29, 0.717) is 17.3 Å². The highest BCUT2D eigenvalue weighted by atomic mass is 32.1. The van der Waals surface area contributed by atoms with Crippen molar-refractivity contribution >= 4 is 11.3 Å². The van der Waals surface area contributed by atoms with Gasteiger partial charge in [0.25, 0.3) is 0 Å². The summed E-state index contributed by atoms with van der Waals surface area (Å²) in [5.74, 6) is 1.12. The Hall–Kier alpha value is -3.10. The van der Waals surface area contributed by atoms with E-state index in [1.165, 1.54) is 17.7 Å². The number of H-pyrrole nitrogens is 1. The largest absolute Gasteiger partial charge is 0.481 e. The highest BCUT2D eigenvalue weighted by Gasteiger charge is 2.22. The maximum absolute atomic E-state index is 10.9. The molecule has 0 saturated heterocycles. The number of hydrogen-bond donors (Lipinski definition) is 2. The number of hydrogen-bond acceptors (Lipinski definition) is 7. The topological polar surface area (TPSA) is 96.8 Å². The molecule has 1 atom stereocenters. The summed E-state index contributed by atoms with van der Waals surface area (Å²) < 4.78 is 5.08. The molecule has 7 nitrogen and oxygen atoms in total. The summed E-state index contributed by atoms with van der Waals surface area (Å²) in [7, 11) is 1.56. The number of pyridine rings is 2. The van der Waals surface area contributed by atoms with Gasteiger partial charge in [0.15, 0.2) is 5.82 Å². The molecule has 4 rings (SSSR count). The van der Waals surface area contributed by atoms with E-state index < -0.39 is 6.10 Å². The van der Waals surface area contributed by atoms with Gasteiger partial charge in [0.05, 0.1) is 12.0 Å². The van der Waals surface area contributed by atoms with E-state index in [1.54, 1.807) is 37.8 Å². The third-order valence-corrected chi connectivity index (χ3v) is 5.14. The van der Waals surface area contributed by atoms with Crippen LogP contribution in [0.1, 0.15) is 17.2 Å². The molecule has 26 heavy (non-hydrogen) atoms. The van der Waals surface area contributed by atoms with Crippen molar-refractivity contribution in [3.05, 3.63) is 66.4 Å². The lowest BCUT2D eigenvalue weighted by Crippen LogP contribution is -2.01. The van der Waals surface area contributed by atoms with Gasteiger partial charge in [-0.15, -0.1) is 21.5 Å². The first-order valence-corrected chi connectivity index (χ1v) is 8.66. The second-order valence-corrected chi connectivity index (χ2v) is 6.56. The summed E-state index contributed by atoms with van der Waals surface area (Å²) >= 11 is 1.53. The number of aromatic nitrogens is 5. The van der Waals surface area contributed by atoms with Crippen molar-refractivity contribution in [1.29, 1.82) is 0 Å². The van der Waals surface area contributed by atoms with Gasteiger partial charge in [-0.1, -0.05) is 0 Å². The number of nitrogens with zero attached hydrogens (tertiary/aromatic N) is 4. The van der Waals surface area contributed by atoms with Gasteiger partial charge >= 0.3 is 0 Å². The molecule has 4 heterocycles. The maximum atomic E-state index is 10.9. The number of aliphatic hydroxyl groups excluding tert-OH is 1. The van der Waals surface area contributed by atoms with E-state index in [-0.39, 0.29) is 0 Å². The molecule has 8 heteroatoms. The van der Waals surface area contributed by atoms with Crippen molar-refractivity contribution < 1.29 is 9.84 Å². The average molecular weight is 365 g/mol. The number of thiophene rings is 1. The third-order valence-electron chi connectivity index (χ3n) is 3.94. The molecule has 0 aliphatic rings. The Kier molecular flexibility index (Phi) is 4.42. The minimum absolute atomic E-state index is 0.499. The smallest absolute Gasteiger partial charge is 0.212 e. The third kappa shape index (κ3) is 3.07. The molecule has 0 fully saturated rings. The predicted octanol–water partition coefficient (Wildman–Crippen LogP) is 3.08. The lowest BCUT2D eigenvalue weighted by Gasteiger charge is -2.11. The fraction of sp³-hybridized carbons (Fsp3) is 0.111. The van der Waals surface area contributed by atoms with Crippen LogP contribution in [0, 0.1) is 0 Å². The van der Waals surface area contributed by atoms with Crippen LogP contribution in [0.15, 0.2) is 55.2 Å². The Bertz CT molecular complexity index is 984. The van der Waals surface area contributed by atoms with Crippen molar-refractivity contribution in [2.75, 3.05) is 7.11 Å². The number of aliphatic hydroxyl groups is 1. The zero-order chi connectivity index (χ0) is 17.9. The lowest BCUT2D eigenvalue weighted by molar-refractivity contribution is 0.220. The van der Waals surface area contributed by atoms with Gasteiger partial charge in [0, 0.05) is 40.7 Å². The monoisotopic (exact) mass is 365 g/mol. The summed E-state index contributed by atoms with van der Waals surface area (Å²) in [4.78, 5) is 13.1. The molecule has 0 radical (unpaired) electrons. The Morgan fingerprint density at radius 2 is 2.04 bits per heavy atom. The lowest BCUT2D eigenvalue weighted by atomic mass is 10.0. The molecule has 0 bridgehead atoms. The first kappa shape index (κ1) is 16.4. The highest BCUT2D eigenvalue weighted by molar-refractivity contribution is 7.19. The second kappa shape index (κ2) is 7.03. The molecule has 4 aromatic rings. The number of rotatable bonds is 5. The van der Waals surface area contributed by atoms with E-state index in [1.807, 2.05) is 18.2 Å². The van der Waals surface area contributed by atoms with Crippen LogP contribution in [0.3, 0.4) is 0 Å². The molecular formula is C18H15N5O2S. The van der Waals surface area contributed by atoms with Crippen molar-refractivity contribution in [1.82, 2.24) is 25.1 Å². The molecule has 130 valence electrons. The molecule has 0 aromatic carbocycles. The average Bonchev–Trinajstić information content (AvgIpc) is 3.38. The van der Waals surface area contributed by atoms with Gasteiger partial charge in [-0.05, 0) is 29.8 Å². The van der Waals surface area contributed by atoms with E-state index in [2.05, 4.69) is 25.1 Å². The van der Waals surface area contributed by atoms with Gasteiger partial charge < -0.3 is 14.8 Å². The molecule has 1 unspecified atom stereocenters. The van der Waals surface area contributed by atoms with E-state index in [4.69, 9.17) is 4.74 Å². The summed E-state index contributed by atoms with van der Waals surface area (Å²) in [6.07, 6.45) is 5.77. The van der Waals surface area contributed by atoms with Crippen LogP contribution in [0.2, 0.25) is 0 Å². The minimum atomic E-state index is -0.847. The summed E-state index contributed by atoms with van der Waals surface area (Å²) in [6.45, 7) is 0. The van der Waals surface area contributed by atoms with E-state index >= 15 is 0 Å². The van der Waals surface area contributed by atoms with Crippen LogP contribution in [0.5, 0.6) is 5.88 Å². The molecule has 0 aliphatic heterocycles. The van der Waals surface area contributed by atoms with Crippen LogP contribution in [-0.2, 0) is 0 Å². The van der Waals surface area contributed by atoms with E-state index in [9.17, 15) is 5.11 Å². The van der Waals surface area contributed by atoms with Crippen LogP contribution < -0.4 is 4.74 Å². The Morgan fingerprint density at radius 3 is 2.69 bits per heavy atom. The second-order valence-electron chi connectivity index (χ2n) is 5.50. The SMILES string of the molecule is COc1ccc(C(O)c2cc(-c3ccncc3)sc2-c2nnc[nH]2)cn1. The molecule has 0 aliphatic carbocycles. The summed E-state index contributed by atoms with van der Waals surface area (Å²) in [5.41, 5.74) is 2.44. The number of aromatic amines is 1. The molecular weight excluding hydrogens is 350 g/mol. The van der Waals surface area contributed by atoms with Gasteiger partial charge in [0.2, 0.25) is 5.88 Å². The minimum Gasteiger partial charge on any atom is -0.481 e. The molecule has 0 amide bonds. The van der Waals surface area contributed by atoms with Crippen molar-refractivity contribution in [2.24, 2.45) is 0 Å². The fourth-order valence-electron chi connectivity index (χ4n) is 2.62. The zero-order valence-electron chi connectivity index (χ0n) is 13.8. The van der Waals surface area contributed by atoms with Crippen LogP contribution in [0.4, 0.5) is 0 Å². The first-order valence-electron chi connectivity index (χ1n) is 7.85. The van der Waals surface area contributed by atoms with Crippen LogP contribution in [-0.4, -0.2) is 37.4 Å². The molecule has 0 spiro atoms. The number of methoxy groups -OCH3 is 1. The van der Waals surface area contributed by atoms with Gasteiger partial charge in [-0.3, -0.25) is 4.98 Å². The Balaban J connectivity index is 1.79. The summed E-state index contributed by atoms with van der Waals surface area (Å²) in [5, 5.41) is 18.9. The van der Waals surface area contributed by atoms with Crippen molar-refractivity contribution in [3.63, 3.8) is 0 Å². The number of ether oxygens (including phenoxy) is 1. The maximum Gasteiger partial charge on any atom is 0.212 e. The number of nitrogens with one attached hydrogen (secondary N) is 1. The highest BCUT2D eigenvalue weighted by Crippen LogP contribution is 2.41.